The molecular formula is C34H24Cl2F2N6O8. The summed E-state index contributed by atoms with van der Waals surface area (Å²) >= 11 is 12.2. The Morgan fingerprint density at radius 1 is 0.673 bits per heavy atom. The molecule has 4 aromatic carbocycles. The van der Waals surface area contributed by atoms with Crippen molar-refractivity contribution in [2.45, 2.75) is 13.1 Å². The lowest BCUT2D eigenvalue weighted by Crippen LogP contribution is -2.15. The molecule has 0 unspecified atom stereocenters. The van der Waals surface area contributed by atoms with Gasteiger partial charge in [0.25, 0.3) is 11.8 Å². The normalized spacial score (nSPS) is 11.3. The Bertz CT molecular complexity index is 2360. The number of carbonyl (C=O) groups excluding carboxylic acids is 2. The van der Waals surface area contributed by atoms with Gasteiger partial charge in [-0.1, -0.05) is 23.2 Å². The lowest BCUT2D eigenvalue weighted by atomic mass is 10.1. The van der Waals surface area contributed by atoms with Crippen LogP contribution in [0.3, 0.4) is 0 Å². The van der Waals surface area contributed by atoms with Crippen molar-refractivity contribution in [3.63, 3.8) is 0 Å². The zero-order chi connectivity index (χ0) is 37.8. The van der Waals surface area contributed by atoms with Crippen molar-refractivity contribution in [3.05, 3.63) is 92.5 Å². The first-order valence-corrected chi connectivity index (χ1v) is 15.6. The summed E-state index contributed by atoms with van der Waals surface area (Å²) in [7, 11) is 2.41. The fourth-order valence-corrected chi connectivity index (χ4v) is 6.43. The Kier molecular flexibility index (Phi) is 9.21. The molecule has 0 aliphatic carbocycles. The molecule has 2 aromatic heterocycles. The summed E-state index contributed by atoms with van der Waals surface area (Å²) in [6.45, 7) is -0.644. The minimum Gasteiger partial charge on any atom is -0.494 e. The number of benzene rings is 4. The van der Waals surface area contributed by atoms with Crippen LogP contribution in [0.4, 0.5) is 8.78 Å². The van der Waals surface area contributed by atoms with Crippen LogP contribution in [0.25, 0.3) is 44.8 Å². The molecule has 0 bridgehead atoms. The van der Waals surface area contributed by atoms with Gasteiger partial charge in [0.1, 0.15) is 45.4 Å². The highest BCUT2D eigenvalue weighted by Crippen LogP contribution is 2.39. The summed E-state index contributed by atoms with van der Waals surface area (Å²) in [5.74, 6) is -7.49. The molecule has 266 valence electrons. The number of nitrogens with two attached hydrogens (primary N) is 2. The van der Waals surface area contributed by atoms with E-state index >= 15 is 8.78 Å². The lowest BCUT2D eigenvalue weighted by molar-refractivity contribution is 0.0686. The third-order valence-electron chi connectivity index (χ3n) is 8.24. The highest BCUT2D eigenvalue weighted by Gasteiger charge is 2.29. The Morgan fingerprint density at radius 2 is 1.04 bits per heavy atom. The van der Waals surface area contributed by atoms with Crippen LogP contribution in [0.2, 0.25) is 10.0 Å². The second kappa shape index (κ2) is 13.5. The van der Waals surface area contributed by atoms with E-state index in [1.807, 2.05) is 0 Å². The zero-order valence-electron chi connectivity index (χ0n) is 26.8. The van der Waals surface area contributed by atoms with E-state index in [1.54, 1.807) is 0 Å². The van der Waals surface area contributed by atoms with Crippen molar-refractivity contribution in [3.8, 4) is 34.3 Å². The molecule has 0 aliphatic heterocycles. The molecule has 0 fully saturated rings. The van der Waals surface area contributed by atoms with Gasteiger partial charge >= 0.3 is 11.9 Å². The van der Waals surface area contributed by atoms with Crippen LogP contribution in [-0.2, 0) is 13.1 Å². The van der Waals surface area contributed by atoms with Crippen LogP contribution in [0.5, 0.6) is 11.5 Å². The number of aromatic carboxylic acids is 2. The predicted molar refractivity (Wildman–Crippen MR) is 184 cm³/mol. The SMILES string of the molecule is COc1c(C(N)=O)cc(F)c2c1nc(-c1ccc(Cl)cc1C(=O)O)n2CCn1c(-c2ccc(Cl)cc2C(=O)O)nc2c(OC)c(C(N)=O)cc(F)c21. The number of carbonyl (C=O) groups is 4. The number of halogens is 4. The fourth-order valence-electron chi connectivity index (χ4n) is 6.09. The number of imidazole rings is 2. The van der Waals surface area contributed by atoms with Crippen LogP contribution >= 0.6 is 23.2 Å². The molecule has 6 N–H and O–H groups in total. The van der Waals surface area contributed by atoms with Crippen molar-refractivity contribution in [1.29, 1.82) is 0 Å². The van der Waals surface area contributed by atoms with E-state index in [-0.39, 0.29) is 102 Å². The molecule has 2 heterocycles. The summed E-state index contributed by atoms with van der Waals surface area (Å²) in [6.07, 6.45) is 0. The van der Waals surface area contributed by atoms with E-state index in [4.69, 9.17) is 44.1 Å². The summed E-state index contributed by atoms with van der Waals surface area (Å²) in [4.78, 5) is 58.3. The number of ether oxygens (including phenoxy) is 2. The van der Waals surface area contributed by atoms with Crippen molar-refractivity contribution < 1.29 is 47.6 Å². The molecule has 52 heavy (non-hydrogen) atoms. The predicted octanol–water partition coefficient (Wildman–Crippen LogP) is 5.62. The van der Waals surface area contributed by atoms with E-state index in [1.165, 1.54) is 59.8 Å². The third-order valence-corrected chi connectivity index (χ3v) is 8.71. The molecule has 0 saturated carbocycles. The van der Waals surface area contributed by atoms with Crippen LogP contribution < -0.4 is 20.9 Å². The van der Waals surface area contributed by atoms with Gasteiger partial charge in [-0.2, -0.15) is 0 Å². The van der Waals surface area contributed by atoms with Crippen LogP contribution in [-0.4, -0.2) is 67.3 Å². The first-order valence-electron chi connectivity index (χ1n) is 14.9. The first kappa shape index (κ1) is 35.6. The Hall–Kier alpha value is -6.26. The maximum absolute atomic E-state index is 16.1. The van der Waals surface area contributed by atoms with E-state index < -0.39 is 35.4 Å². The number of rotatable bonds is 11. The summed E-state index contributed by atoms with van der Waals surface area (Å²) in [5, 5.41) is 20.3. The minimum atomic E-state index is -1.40. The van der Waals surface area contributed by atoms with Crippen molar-refractivity contribution in [1.82, 2.24) is 19.1 Å². The number of hydrogen-bond donors (Lipinski definition) is 4. The number of hydrogen-bond acceptors (Lipinski definition) is 8. The number of aromatic nitrogens is 4. The highest BCUT2D eigenvalue weighted by atomic mass is 35.5. The molecule has 0 atom stereocenters. The lowest BCUT2D eigenvalue weighted by Gasteiger charge is -2.16. The van der Waals surface area contributed by atoms with Crippen molar-refractivity contribution in [2.24, 2.45) is 11.5 Å². The Morgan fingerprint density at radius 3 is 1.35 bits per heavy atom. The minimum absolute atomic E-state index is 0.0179. The average Bonchev–Trinajstić information content (AvgIpc) is 3.66. The van der Waals surface area contributed by atoms with Gasteiger partial charge in [-0.05, 0) is 48.5 Å². The first-order chi connectivity index (χ1) is 24.7. The Labute approximate surface area is 300 Å². The maximum Gasteiger partial charge on any atom is 0.336 e. The molecule has 0 saturated heterocycles. The zero-order valence-corrected chi connectivity index (χ0v) is 28.3. The Balaban J connectivity index is 1.68. The largest absolute Gasteiger partial charge is 0.494 e. The maximum atomic E-state index is 16.1. The highest BCUT2D eigenvalue weighted by molar-refractivity contribution is 6.31. The van der Waals surface area contributed by atoms with Gasteiger partial charge in [-0.3, -0.25) is 9.59 Å². The van der Waals surface area contributed by atoms with Gasteiger partial charge in [-0.15, -0.1) is 0 Å². The number of fused-ring (bicyclic) bond motifs is 2. The number of methoxy groups -OCH3 is 2. The fraction of sp³-hybridized carbons (Fsp3) is 0.118. The van der Waals surface area contributed by atoms with E-state index in [9.17, 15) is 29.4 Å². The number of nitrogens with zero attached hydrogens (tertiary/aromatic N) is 4. The molecule has 0 radical (unpaired) electrons. The number of carboxylic acids is 2. The molecule has 0 spiro atoms. The average molecular weight is 754 g/mol. The molecule has 0 aliphatic rings. The second-order valence-electron chi connectivity index (χ2n) is 11.2. The number of primary amides is 2. The number of carboxylic acid groups (broad SMARTS) is 2. The summed E-state index contributed by atoms with van der Waals surface area (Å²) in [6, 6.07) is 9.50. The molecule has 6 rings (SSSR count). The van der Waals surface area contributed by atoms with Gasteiger partial charge in [0, 0.05) is 34.3 Å². The van der Waals surface area contributed by atoms with Crippen molar-refractivity contribution in [2.75, 3.05) is 14.2 Å². The smallest absolute Gasteiger partial charge is 0.336 e. The number of amides is 2. The van der Waals surface area contributed by atoms with Gasteiger partial charge in [0.2, 0.25) is 0 Å². The standard InChI is InChI=1S/C34H24Cl2F2N6O8/c1-51-27-19(29(39)45)11-21(37)25-23(27)41-31(15-5-3-13(35)9-17(15)33(47)48)43(25)7-8-44-26-22(38)12-20(30(40)46)28(52-2)24(26)42-32(44)16-6-4-14(36)10-18(16)34(49)50/h3-6,9-12H,7-8H2,1-2H3,(H2,39,45)(H2,40,46)(H,47,48)(H,49,50). The quantitative estimate of drug-likeness (QED) is 0.128. The van der Waals surface area contributed by atoms with Gasteiger partial charge in [0.05, 0.1) is 36.5 Å². The second-order valence-corrected chi connectivity index (χ2v) is 12.0. The molecule has 6 aromatic rings. The topological polar surface area (TPSA) is 215 Å². The van der Waals surface area contributed by atoms with Gasteiger partial charge < -0.3 is 40.3 Å². The van der Waals surface area contributed by atoms with Crippen LogP contribution in [0.1, 0.15) is 41.4 Å². The van der Waals surface area contributed by atoms with E-state index in [0.29, 0.717) is 0 Å². The molecule has 14 nitrogen and oxygen atoms in total. The van der Waals surface area contributed by atoms with Crippen LogP contribution in [0.15, 0.2) is 48.5 Å². The third kappa shape index (κ3) is 5.86. The van der Waals surface area contributed by atoms with Crippen LogP contribution in [0, 0.1) is 11.6 Å². The van der Waals surface area contributed by atoms with Crippen molar-refractivity contribution >= 4 is 69.0 Å². The van der Waals surface area contributed by atoms with Gasteiger partial charge in [-0.25, -0.2) is 28.3 Å². The summed E-state index contributed by atoms with van der Waals surface area (Å²) < 4.78 is 45.5. The summed E-state index contributed by atoms with van der Waals surface area (Å²) in [5.41, 5.74) is 8.76. The van der Waals surface area contributed by atoms with Gasteiger partial charge in [0.15, 0.2) is 11.5 Å². The molecule has 18 heteroatoms. The number of aryl methyl sites for hydroxylation is 2. The monoisotopic (exact) mass is 752 g/mol. The van der Waals surface area contributed by atoms with E-state index in [2.05, 4.69) is 9.97 Å². The molecular weight excluding hydrogens is 729 g/mol. The molecule has 2 amide bonds. The van der Waals surface area contributed by atoms with E-state index in [0.717, 1.165) is 12.1 Å².